The van der Waals surface area contributed by atoms with E-state index in [-0.39, 0.29) is 5.41 Å². The van der Waals surface area contributed by atoms with Crippen molar-refractivity contribution in [3.63, 3.8) is 0 Å². The Labute approximate surface area is 137 Å². The Morgan fingerprint density at radius 3 is 3.00 bits per heavy atom. The molecule has 3 aliphatic carbocycles. The van der Waals surface area contributed by atoms with E-state index in [1.807, 2.05) is 6.07 Å². The SMILES string of the molecule is Oc1ccc2c3c1O[C@H]1CCCC4[C@@H](C2)N(CC2CC2)CC[C@@]341. The first-order valence-corrected chi connectivity index (χ1v) is 9.53. The van der Waals surface area contributed by atoms with Crippen molar-refractivity contribution in [3.05, 3.63) is 23.3 Å². The molecule has 0 amide bonds. The van der Waals surface area contributed by atoms with Gasteiger partial charge in [-0.1, -0.05) is 6.07 Å². The quantitative estimate of drug-likeness (QED) is 0.910. The van der Waals surface area contributed by atoms with E-state index in [4.69, 9.17) is 4.74 Å². The zero-order chi connectivity index (χ0) is 15.2. The topological polar surface area (TPSA) is 32.7 Å². The van der Waals surface area contributed by atoms with Gasteiger partial charge in [0.2, 0.25) is 0 Å². The van der Waals surface area contributed by atoms with Crippen LogP contribution in [-0.2, 0) is 11.8 Å². The van der Waals surface area contributed by atoms with Gasteiger partial charge in [-0.3, -0.25) is 4.90 Å². The molecule has 2 saturated carbocycles. The number of piperidine rings is 1. The van der Waals surface area contributed by atoms with Crippen molar-refractivity contribution in [1.29, 1.82) is 0 Å². The monoisotopic (exact) mass is 311 g/mol. The number of likely N-dealkylation sites (tertiary alicyclic amines) is 1. The summed E-state index contributed by atoms with van der Waals surface area (Å²) < 4.78 is 6.37. The number of aromatic hydroxyl groups is 1. The minimum Gasteiger partial charge on any atom is -0.504 e. The second kappa shape index (κ2) is 4.24. The molecule has 2 heterocycles. The molecule has 4 atom stereocenters. The lowest BCUT2D eigenvalue weighted by molar-refractivity contribution is -0.0529. The maximum Gasteiger partial charge on any atom is 0.165 e. The number of rotatable bonds is 2. The van der Waals surface area contributed by atoms with Crippen molar-refractivity contribution in [3.8, 4) is 11.5 Å². The largest absolute Gasteiger partial charge is 0.504 e. The van der Waals surface area contributed by atoms with Crippen LogP contribution < -0.4 is 4.74 Å². The van der Waals surface area contributed by atoms with E-state index in [2.05, 4.69) is 11.0 Å². The van der Waals surface area contributed by atoms with Crippen molar-refractivity contribution in [2.45, 2.75) is 62.5 Å². The number of ether oxygens (including phenoxy) is 1. The van der Waals surface area contributed by atoms with Crippen LogP contribution in [0, 0.1) is 11.8 Å². The summed E-state index contributed by atoms with van der Waals surface area (Å²) in [6.07, 6.45) is 9.40. The third kappa shape index (κ3) is 1.55. The van der Waals surface area contributed by atoms with Gasteiger partial charge >= 0.3 is 0 Å². The van der Waals surface area contributed by atoms with Crippen molar-refractivity contribution >= 4 is 0 Å². The van der Waals surface area contributed by atoms with Crippen LogP contribution in [-0.4, -0.2) is 35.2 Å². The van der Waals surface area contributed by atoms with Crippen LogP contribution in [0.5, 0.6) is 11.5 Å². The maximum absolute atomic E-state index is 10.4. The summed E-state index contributed by atoms with van der Waals surface area (Å²) in [6.45, 7) is 2.55. The lowest BCUT2D eigenvalue weighted by Gasteiger charge is -2.58. The van der Waals surface area contributed by atoms with Gasteiger partial charge in [-0.25, -0.2) is 0 Å². The molecule has 122 valence electrons. The highest BCUT2D eigenvalue weighted by Crippen LogP contribution is 2.63. The fourth-order valence-corrected chi connectivity index (χ4v) is 6.45. The first-order valence-electron chi connectivity index (χ1n) is 9.53. The van der Waals surface area contributed by atoms with Gasteiger partial charge < -0.3 is 9.84 Å². The standard InChI is InChI=1S/C20H25NO2/c22-16-7-6-13-10-15-14-2-1-3-17-20(14,18(13)19(16)23-17)8-9-21(15)11-12-4-5-12/h6-7,12,14-15,17,22H,1-5,8-11H2/t14?,15-,17+,20-/m1/s1. The molecule has 3 nitrogen and oxygen atoms in total. The van der Waals surface area contributed by atoms with Gasteiger partial charge in [0.25, 0.3) is 0 Å². The molecule has 0 radical (unpaired) electrons. The molecular weight excluding hydrogens is 286 g/mol. The lowest BCUT2D eigenvalue weighted by atomic mass is 9.52. The molecule has 0 aromatic heterocycles. The minimum absolute atomic E-state index is 0.213. The zero-order valence-corrected chi connectivity index (χ0v) is 13.6. The van der Waals surface area contributed by atoms with Gasteiger partial charge in [0, 0.05) is 23.6 Å². The highest BCUT2D eigenvalue weighted by molar-refractivity contribution is 5.60. The fourth-order valence-electron chi connectivity index (χ4n) is 6.45. The van der Waals surface area contributed by atoms with Gasteiger partial charge in [-0.05, 0) is 75.0 Å². The van der Waals surface area contributed by atoms with Crippen molar-refractivity contribution in [1.82, 2.24) is 4.90 Å². The van der Waals surface area contributed by atoms with E-state index in [0.717, 1.165) is 24.0 Å². The Morgan fingerprint density at radius 2 is 2.13 bits per heavy atom. The Bertz CT molecular complexity index is 682. The van der Waals surface area contributed by atoms with Crippen LogP contribution in [0.4, 0.5) is 0 Å². The molecule has 3 fully saturated rings. The second-order valence-electron chi connectivity index (χ2n) is 8.59. The summed E-state index contributed by atoms with van der Waals surface area (Å²) in [5.41, 5.74) is 3.09. The Hall–Kier alpha value is -1.22. The van der Waals surface area contributed by atoms with E-state index >= 15 is 0 Å². The lowest BCUT2D eigenvalue weighted by Crippen LogP contribution is -2.64. The number of nitrogens with zero attached hydrogens (tertiary/aromatic N) is 1. The highest BCUT2D eigenvalue weighted by atomic mass is 16.5. The molecule has 1 saturated heterocycles. The molecule has 1 N–H and O–H groups in total. The number of benzene rings is 1. The van der Waals surface area contributed by atoms with Gasteiger partial charge in [-0.15, -0.1) is 0 Å². The van der Waals surface area contributed by atoms with Crippen LogP contribution in [0.2, 0.25) is 0 Å². The highest BCUT2D eigenvalue weighted by Gasteiger charge is 2.63. The maximum atomic E-state index is 10.4. The molecule has 1 aromatic rings. The first kappa shape index (κ1) is 13.1. The van der Waals surface area contributed by atoms with Crippen LogP contribution >= 0.6 is 0 Å². The van der Waals surface area contributed by atoms with E-state index in [1.165, 1.54) is 62.7 Å². The second-order valence-corrected chi connectivity index (χ2v) is 8.59. The molecular formula is C20H25NO2. The van der Waals surface area contributed by atoms with Crippen LogP contribution in [0.25, 0.3) is 0 Å². The summed E-state index contributed by atoms with van der Waals surface area (Å²) in [4.78, 5) is 2.82. The van der Waals surface area contributed by atoms with E-state index in [9.17, 15) is 5.11 Å². The normalized spacial score (nSPS) is 40.6. The molecule has 5 aliphatic rings. The molecule has 1 aromatic carbocycles. The number of phenols is 1. The fraction of sp³-hybridized carbons (Fsp3) is 0.700. The summed E-state index contributed by atoms with van der Waals surface area (Å²) >= 11 is 0. The Balaban J connectivity index is 1.52. The third-order valence-electron chi connectivity index (χ3n) is 7.53. The summed E-state index contributed by atoms with van der Waals surface area (Å²) in [5.74, 6) is 2.92. The number of hydrogen-bond acceptors (Lipinski definition) is 3. The van der Waals surface area contributed by atoms with E-state index in [0.29, 0.717) is 17.9 Å². The van der Waals surface area contributed by atoms with E-state index < -0.39 is 0 Å². The third-order valence-corrected chi connectivity index (χ3v) is 7.53. The molecule has 6 rings (SSSR count). The average Bonchev–Trinajstić information content (AvgIpc) is 3.30. The summed E-state index contributed by atoms with van der Waals surface area (Å²) in [5, 5.41) is 10.4. The number of phenolic OH excluding ortho intramolecular Hbond substituents is 1. The van der Waals surface area contributed by atoms with Crippen molar-refractivity contribution < 1.29 is 9.84 Å². The number of hydrogen-bond donors (Lipinski definition) is 1. The Morgan fingerprint density at radius 1 is 1.22 bits per heavy atom. The van der Waals surface area contributed by atoms with Gasteiger partial charge in [0.05, 0.1) is 0 Å². The first-order chi connectivity index (χ1) is 11.3. The van der Waals surface area contributed by atoms with Crippen molar-refractivity contribution in [2.75, 3.05) is 13.1 Å². The zero-order valence-electron chi connectivity index (χ0n) is 13.6. The molecule has 1 unspecified atom stereocenters. The minimum atomic E-state index is 0.213. The predicted octanol–water partition coefficient (Wildman–Crippen LogP) is 3.23. The van der Waals surface area contributed by atoms with Crippen LogP contribution in [0.3, 0.4) is 0 Å². The Kier molecular flexibility index (Phi) is 2.42. The average molecular weight is 311 g/mol. The molecule has 2 bridgehead atoms. The molecule has 1 spiro atoms. The van der Waals surface area contributed by atoms with Crippen LogP contribution in [0.1, 0.15) is 49.7 Å². The summed E-state index contributed by atoms with van der Waals surface area (Å²) in [6, 6.07) is 4.75. The van der Waals surface area contributed by atoms with Gasteiger partial charge in [0.15, 0.2) is 11.5 Å². The smallest absolute Gasteiger partial charge is 0.165 e. The van der Waals surface area contributed by atoms with Gasteiger partial charge in [0.1, 0.15) is 6.10 Å². The predicted molar refractivity (Wildman–Crippen MR) is 87.9 cm³/mol. The van der Waals surface area contributed by atoms with Gasteiger partial charge in [-0.2, -0.15) is 0 Å². The van der Waals surface area contributed by atoms with E-state index in [1.54, 1.807) is 0 Å². The molecule has 2 aliphatic heterocycles. The summed E-state index contributed by atoms with van der Waals surface area (Å²) in [7, 11) is 0. The molecule has 3 heteroatoms. The van der Waals surface area contributed by atoms with Crippen molar-refractivity contribution in [2.24, 2.45) is 11.8 Å². The van der Waals surface area contributed by atoms with Crippen LogP contribution in [0.15, 0.2) is 12.1 Å². The molecule has 23 heavy (non-hydrogen) atoms.